The van der Waals surface area contributed by atoms with Crippen molar-refractivity contribution in [2.75, 3.05) is 11.1 Å². The topological polar surface area (TPSA) is 158 Å². The van der Waals surface area contributed by atoms with Gasteiger partial charge in [0.25, 0.3) is 0 Å². The molecular formula is C36H38N6O6S2. The summed E-state index contributed by atoms with van der Waals surface area (Å²) in [6.45, 7) is 1.82. The summed E-state index contributed by atoms with van der Waals surface area (Å²) in [4.78, 5) is 13.9. The molecule has 1 saturated heterocycles. The number of aliphatic hydroxyl groups excluding tert-OH is 1. The predicted octanol–water partition coefficient (Wildman–Crippen LogP) is 4.88. The molecular weight excluding hydrogens is 677 g/mol. The van der Waals surface area contributed by atoms with Gasteiger partial charge >= 0.3 is 0 Å². The minimum absolute atomic E-state index is 0.0549. The van der Waals surface area contributed by atoms with Gasteiger partial charge in [-0.3, -0.25) is 4.79 Å². The van der Waals surface area contributed by atoms with E-state index in [9.17, 15) is 18.3 Å². The fourth-order valence-electron chi connectivity index (χ4n) is 5.54. The van der Waals surface area contributed by atoms with Crippen molar-refractivity contribution in [3.8, 4) is 0 Å². The van der Waals surface area contributed by atoms with E-state index in [0.29, 0.717) is 28.6 Å². The van der Waals surface area contributed by atoms with Gasteiger partial charge in [0, 0.05) is 30.5 Å². The zero-order valence-corrected chi connectivity index (χ0v) is 29.2. The quantitative estimate of drug-likeness (QED) is 0.144. The molecule has 0 aliphatic carbocycles. The molecule has 1 aliphatic rings. The Bertz CT molecular complexity index is 1990. The summed E-state index contributed by atoms with van der Waals surface area (Å²) < 4.78 is 43.9. The SMILES string of the molecule is Cc1ccc(S(=O)(=O)N[C@H](Cc2ccccc2)C(=O)Nc2cccc(C3O[C@H](CSc4nnnn4C)C[C@H](c4ccc(CO)cc4)O3)c2)cc1. The first kappa shape index (κ1) is 35.4. The average molecular weight is 715 g/mol. The molecule has 14 heteroatoms. The van der Waals surface area contributed by atoms with Crippen LogP contribution in [0.2, 0.25) is 0 Å². The fourth-order valence-corrected chi connectivity index (χ4v) is 7.60. The molecule has 1 aliphatic heterocycles. The number of nitrogens with zero attached hydrogens (tertiary/aromatic N) is 4. The molecule has 50 heavy (non-hydrogen) atoms. The number of aliphatic hydroxyl groups is 1. The maximum Gasteiger partial charge on any atom is 0.242 e. The van der Waals surface area contributed by atoms with Crippen LogP contribution < -0.4 is 10.0 Å². The van der Waals surface area contributed by atoms with E-state index >= 15 is 0 Å². The van der Waals surface area contributed by atoms with Crippen molar-refractivity contribution >= 4 is 33.4 Å². The second-order valence-electron chi connectivity index (χ2n) is 12.0. The first-order chi connectivity index (χ1) is 24.2. The predicted molar refractivity (Wildman–Crippen MR) is 188 cm³/mol. The highest BCUT2D eigenvalue weighted by Gasteiger charge is 2.33. The molecule has 1 fully saturated rings. The van der Waals surface area contributed by atoms with E-state index < -0.39 is 28.3 Å². The number of carbonyl (C=O) groups is 1. The Kier molecular flexibility index (Phi) is 11.4. The summed E-state index contributed by atoms with van der Waals surface area (Å²) >= 11 is 1.48. The van der Waals surface area contributed by atoms with Crippen LogP contribution in [0.5, 0.6) is 0 Å². The number of hydrogen-bond acceptors (Lipinski definition) is 10. The van der Waals surface area contributed by atoms with Gasteiger partial charge in [-0.25, -0.2) is 13.1 Å². The molecule has 0 bridgehead atoms. The van der Waals surface area contributed by atoms with Crippen molar-refractivity contribution < 1.29 is 27.8 Å². The fraction of sp³-hybridized carbons (Fsp3) is 0.278. The number of thioether (sulfide) groups is 1. The van der Waals surface area contributed by atoms with Crippen molar-refractivity contribution in [1.29, 1.82) is 0 Å². The van der Waals surface area contributed by atoms with E-state index in [2.05, 4.69) is 25.6 Å². The van der Waals surface area contributed by atoms with Gasteiger partial charge < -0.3 is 19.9 Å². The summed E-state index contributed by atoms with van der Waals surface area (Å²) in [6, 6.07) is 29.4. The van der Waals surface area contributed by atoms with Crippen molar-refractivity contribution in [2.24, 2.45) is 7.05 Å². The smallest absolute Gasteiger partial charge is 0.242 e. The van der Waals surface area contributed by atoms with Gasteiger partial charge in [0.15, 0.2) is 6.29 Å². The number of aryl methyl sites for hydroxylation is 2. The molecule has 0 radical (unpaired) electrons. The Labute approximate surface area is 295 Å². The highest BCUT2D eigenvalue weighted by Crippen LogP contribution is 2.39. The van der Waals surface area contributed by atoms with Crippen LogP contribution in [0.3, 0.4) is 0 Å². The largest absolute Gasteiger partial charge is 0.392 e. The van der Waals surface area contributed by atoms with Crippen molar-refractivity contribution in [2.45, 2.75) is 61.0 Å². The molecule has 5 aromatic rings. The lowest BCUT2D eigenvalue weighted by atomic mass is 10.0. The number of amides is 1. The number of carbonyl (C=O) groups excluding carboxylic acids is 1. The number of rotatable bonds is 13. The lowest BCUT2D eigenvalue weighted by molar-refractivity contribution is -0.245. The third kappa shape index (κ3) is 9.01. The summed E-state index contributed by atoms with van der Waals surface area (Å²) in [5.41, 5.74) is 4.60. The number of hydrogen-bond donors (Lipinski definition) is 3. The molecule has 3 N–H and O–H groups in total. The summed E-state index contributed by atoms with van der Waals surface area (Å²) in [6.07, 6.45) is -0.598. The van der Waals surface area contributed by atoms with Crippen LogP contribution in [0.25, 0.3) is 0 Å². The molecule has 2 heterocycles. The van der Waals surface area contributed by atoms with Gasteiger partial charge in [-0.2, -0.15) is 4.72 Å². The van der Waals surface area contributed by atoms with Crippen LogP contribution in [-0.4, -0.2) is 57.5 Å². The molecule has 6 rings (SSSR count). The minimum atomic E-state index is -4.01. The van der Waals surface area contributed by atoms with Crippen LogP contribution >= 0.6 is 11.8 Å². The molecule has 1 unspecified atom stereocenters. The van der Waals surface area contributed by atoms with Gasteiger partial charge in [0.05, 0.1) is 23.7 Å². The Balaban J connectivity index is 1.22. The minimum Gasteiger partial charge on any atom is -0.392 e. The van der Waals surface area contributed by atoms with E-state index in [-0.39, 0.29) is 30.1 Å². The first-order valence-electron chi connectivity index (χ1n) is 16.1. The van der Waals surface area contributed by atoms with Gasteiger partial charge in [0.2, 0.25) is 21.1 Å². The van der Waals surface area contributed by atoms with Gasteiger partial charge in [-0.05, 0) is 64.7 Å². The lowest BCUT2D eigenvalue weighted by Crippen LogP contribution is -2.45. The number of nitrogens with one attached hydrogen (secondary N) is 2. The van der Waals surface area contributed by atoms with Crippen LogP contribution in [0.1, 0.15) is 46.6 Å². The molecule has 4 aromatic carbocycles. The molecule has 1 aromatic heterocycles. The summed E-state index contributed by atoms with van der Waals surface area (Å²) in [5.74, 6) is 0.0541. The first-order valence-corrected chi connectivity index (χ1v) is 18.5. The van der Waals surface area contributed by atoms with Crippen LogP contribution in [0, 0.1) is 6.92 Å². The molecule has 1 amide bonds. The normalized spacial score (nSPS) is 18.4. The zero-order chi connectivity index (χ0) is 35.1. The van der Waals surface area contributed by atoms with E-state index in [1.165, 1.54) is 23.9 Å². The molecule has 260 valence electrons. The Hall–Kier alpha value is -4.44. The van der Waals surface area contributed by atoms with Gasteiger partial charge in [-0.15, -0.1) is 5.10 Å². The van der Waals surface area contributed by atoms with Crippen LogP contribution in [0.4, 0.5) is 5.69 Å². The third-order valence-electron chi connectivity index (χ3n) is 8.25. The summed E-state index contributed by atoms with van der Waals surface area (Å²) in [7, 11) is -2.23. The van der Waals surface area contributed by atoms with Crippen molar-refractivity contribution in [1.82, 2.24) is 24.9 Å². The number of sulfonamides is 1. The van der Waals surface area contributed by atoms with Gasteiger partial charge in [-0.1, -0.05) is 96.2 Å². The molecule has 0 saturated carbocycles. The second-order valence-corrected chi connectivity index (χ2v) is 14.7. The zero-order valence-electron chi connectivity index (χ0n) is 27.5. The Morgan fingerprint density at radius 3 is 2.42 bits per heavy atom. The van der Waals surface area contributed by atoms with Crippen molar-refractivity contribution in [3.63, 3.8) is 0 Å². The number of benzene rings is 4. The van der Waals surface area contributed by atoms with E-state index in [0.717, 1.165) is 22.3 Å². The van der Waals surface area contributed by atoms with Crippen LogP contribution in [0.15, 0.2) is 113 Å². The third-order valence-corrected chi connectivity index (χ3v) is 10.9. The molecule has 0 spiro atoms. The summed E-state index contributed by atoms with van der Waals surface area (Å²) in [5, 5.41) is 24.8. The van der Waals surface area contributed by atoms with E-state index in [4.69, 9.17) is 9.47 Å². The number of aromatic nitrogens is 4. The highest BCUT2D eigenvalue weighted by atomic mass is 32.2. The second kappa shape index (κ2) is 16.1. The van der Waals surface area contributed by atoms with Crippen molar-refractivity contribution in [3.05, 3.63) is 131 Å². The monoisotopic (exact) mass is 714 g/mol. The lowest BCUT2D eigenvalue weighted by Gasteiger charge is -2.36. The van der Waals surface area contributed by atoms with Gasteiger partial charge in [0.1, 0.15) is 6.04 Å². The van der Waals surface area contributed by atoms with E-state index in [1.54, 1.807) is 42.1 Å². The molecule has 12 nitrogen and oxygen atoms in total. The Morgan fingerprint density at radius 1 is 0.960 bits per heavy atom. The van der Waals surface area contributed by atoms with Crippen LogP contribution in [-0.2, 0) is 44.4 Å². The Morgan fingerprint density at radius 2 is 1.72 bits per heavy atom. The van der Waals surface area contributed by atoms with E-state index in [1.807, 2.05) is 67.6 Å². The standard InChI is InChI=1S/C36H38N6O6S2/c1-24-11-17-31(18-12-24)50(45,46)39-32(19-25-7-4-3-5-8-25)34(44)37-29-10-6-9-28(20-29)35-47-30(23-49-36-38-40-41-42(36)2)21-33(48-35)27-15-13-26(22-43)14-16-27/h3-18,20,30,32-33,35,39,43H,19,21-23H2,1-2H3,(H,37,44)/t30-,32+,33+,35?/m0/s1. The number of tetrazole rings is 1. The number of anilines is 1. The highest BCUT2D eigenvalue weighted by molar-refractivity contribution is 7.99. The maximum absolute atomic E-state index is 13.8. The molecule has 4 atom stereocenters. The average Bonchev–Trinajstić information content (AvgIpc) is 3.55. The maximum atomic E-state index is 13.8. The number of ether oxygens (including phenoxy) is 2.